The van der Waals surface area contributed by atoms with Crippen molar-refractivity contribution in [3.05, 3.63) is 144 Å². The largest absolute Gasteiger partial charge is 0.309 e. The van der Waals surface area contributed by atoms with Crippen molar-refractivity contribution in [3.8, 4) is 34.3 Å². The third-order valence-corrected chi connectivity index (χ3v) is 5.86. The second-order valence-corrected chi connectivity index (χ2v) is 8.10. The molecule has 5 rings (SSSR count). The Bertz CT molecular complexity index is 1530. The van der Waals surface area contributed by atoms with Crippen molar-refractivity contribution in [2.24, 2.45) is 0 Å². The first-order chi connectivity index (χ1) is 17.3. The van der Waals surface area contributed by atoms with E-state index in [0.29, 0.717) is 5.56 Å². The Kier molecular flexibility index (Phi) is 6.19. The van der Waals surface area contributed by atoms with Gasteiger partial charge >= 0.3 is 0 Å². The molecular formula is C32H22N2O. The normalized spacial score (nSPS) is 11.1. The van der Waals surface area contributed by atoms with Gasteiger partial charge in [0.15, 0.2) is 0 Å². The highest BCUT2D eigenvalue weighted by atomic mass is 16.1. The summed E-state index contributed by atoms with van der Waals surface area (Å²) in [6, 6.07) is 43.5. The standard InChI is InChI=1S/C32H22N2O/c33-23-28(32(35)26-17-9-3-10-18-26)21-27-22-30(24-13-5-1-6-14-24)34(29-19-11-4-12-20-29)31(27)25-15-7-2-8-16-25/h1-22H/b28-21+. The highest BCUT2D eigenvalue weighted by Crippen LogP contribution is 2.37. The highest BCUT2D eigenvalue weighted by Gasteiger charge is 2.20. The van der Waals surface area contributed by atoms with Crippen molar-refractivity contribution in [1.82, 2.24) is 4.57 Å². The van der Waals surface area contributed by atoms with Crippen LogP contribution < -0.4 is 0 Å². The Morgan fingerprint density at radius 3 is 1.77 bits per heavy atom. The second-order valence-electron chi connectivity index (χ2n) is 8.10. The van der Waals surface area contributed by atoms with E-state index in [1.54, 1.807) is 30.3 Å². The molecule has 0 fully saturated rings. The smallest absolute Gasteiger partial charge is 0.203 e. The van der Waals surface area contributed by atoms with E-state index in [-0.39, 0.29) is 11.4 Å². The molecule has 5 aromatic rings. The van der Waals surface area contributed by atoms with E-state index in [2.05, 4.69) is 41.0 Å². The topological polar surface area (TPSA) is 45.8 Å². The van der Waals surface area contributed by atoms with Crippen molar-refractivity contribution < 1.29 is 4.79 Å². The van der Waals surface area contributed by atoms with Crippen LogP contribution in [-0.2, 0) is 0 Å². The van der Waals surface area contributed by atoms with Gasteiger partial charge in [0.2, 0.25) is 5.78 Å². The summed E-state index contributed by atoms with van der Waals surface area (Å²) in [7, 11) is 0. The molecule has 0 bridgehead atoms. The van der Waals surface area contributed by atoms with Gasteiger partial charge in [0.05, 0.1) is 11.4 Å². The Hall–Kier alpha value is -4.94. The van der Waals surface area contributed by atoms with Gasteiger partial charge in [-0.1, -0.05) is 109 Å². The molecule has 3 heteroatoms. The highest BCUT2D eigenvalue weighted by molar-refractivity contribution is 6.14. The van der Waals surface area contributed by atoms with Gasteiger partial charge in [-0.25, -0.2) is 0 Å². The lowest BCUT2D eigenvalue weighted by molar-refractivity contribution is 0.104. The number of Topliss-reactive ketones (excluding diaryl/α,β-unsaturated/α-hetero) is 1. The van der Waals surface area contributed by atoms with Crippen LogP contribution in [0.2, 0.25) is 0 Å². The van der Waals surface area contributed by atoms with Crippen LogP contribution in [0.15, 0.2) is 133 Å². The van der Waals surface area contributed by atoms with Gasteiger partial charge in [-0.05, 0) is 35.4 Å². The van der Waals surface area contributed by atoms with Crippen LogP contribution in [-0.4, -0.2) is 10.4 Å². The van der Waals surface area contributed by atoms with E-state index in [1.807, 2.05) is 72.8 Å². The lowest BCUT2D eigenvalue weighted by Gasteiger charge is -2.15. The number of allylic oxidation sites excluding steroid dienone is 1. The number of ketones is 1. The molecule has 0 unspecified atom stereocenters. The molecule has 0 saturated carbocycles. The predicted molar refractivity (Wildman–Crippen MR) is 141 cm³/mol. The quantitative estimate of drug-likeness (QED) is 0.152. The number of hydrogen-bond acceptors (Lipinski definition) is 2. The van der Waals surface area contributed by atoms with Gasteiger partial charge in [-0.2, -0.15) is 5.26 Å². The van der Waals surface area contributed by atoms with E-state index >= 15 is 0 Å². The molecule has 1 aromatic heterocycles. The molecule has 0 aliphatic rings. The Labute approximate surface area is 204 Å². The molecule has 0 saturated heterocycles. The van der Waals surface area contributed by atoms with Gasteiger partial charge in [-0.3, -0.25) is 4.79 Å². The maximum absolute atomic E-state index is 13.2. The molecule has 1 heterocycles. The van der Waals surface area contributed by atoms with Crippen LogP contribution in [0.1, 0.15) is 15.9 Å². The average Bonchev–Trinajstić information content (AvgIpc) is 3.32. The molecular weight excluding hydrogens is 428 g/mol. The van der Waals surface area contributed by atoms with E-state index in [9.17, 15) is 10.1 Å². The zero-order valence-corrected chi connectivity index (χ0v) is 19.0. The third kappa shape index (κ3) is 4.46. The Morgan fingerprint density at radius 1 is 0.686 bits per heavy atom. The fourth-order valence-electron chi connectivity index (χ4n) is 4.25. The van der Waals surface area contributed by atoms with Crippen molar-refractivity contribution >= 4 is 11.9 Å². The molecule has 0 radical (unpaired) electrons. The van der Waals surface area contributed by atoms with Gasteiger partial charge in [0.1, 0.15) is 11.6 Å². The Morgan fingerprint density at radius 2 is 1.20 bits per heavy atom. The zero-order valence-electron chi connectivity index (χ0n) is 19.0. The third-order valence-electron chi connectivity index (χ3n) is 5.86. The number of hydrogen-bond donors (Lipinski definition) is 0. The van der Waals surface area contributed by atoms with Crippen LogP contribution >= 0.6 is 0 Å². The number of rotatable bonds is 6. The van der Waals surface area contributed by atoms with Crippen LogP contribution in [0.5, 0.6) is 0 Å². The van der Waals surface area contributed by atoms with Gasteiger partial charge in [0.25, 0.3) is 0 Å². The van der Waals surface area contributed by atoms with Crippen molar-refractivity contribution in [2.45, 2.75) is 0 Å². The number of nitrogens with zero attached hydrogens (tertiary/aromatic N) is 2. The summed E-state index contributed by atoms with van der Waals surface area (Å²) >= 11 is 0. The molecule has 3 nitrogen and oxygen atoms in total. The summed E-state index contributed by atoms with van der Waals surface area (Å²) in [4.78, 5) is 13.2. The van der Waals surface area contributed by atoms with Gasteiger partial charge in [0, 0.05) is 16.8 Å². The average molecular weight is 451 g/mol. The van der Waals surface area contributed by atoms with Crippen LogP contribution in [0.25, 0.3) is 34.3 Å². The summed E-state index contributed by atoms with van der Waals surface area (Å²) in [6.07, 6.45) is 1.71. The SMILES string of the molecule is N#C/C(=C\c1cc(-c2ccccc2)n(-c2ccccc2)c1-c1ccccc1)C(=O)c1ccccc1. The minimum atomic E-state index is -0.291. The van der Waals surface area contributed by atoms with Crippen LogP contribution in [0.3, 0.4) is 0 Å². The first-order valence-corrected chi connectivity index (χ1v) is 11.4. The summed E-state index contributed by atoms with van der Waals surface area (Å²) in [5.74, 6) is -0.291. The molecule has 0 atom stereocenters. The monoisotopic (exact) mass is 450 g/mol. The molecule has 0 N–H and O–H groups in total. The lowest BCUT2D eigenvalue weighted by Crippen LogP contribution is -2.02. The molecule has 4 aromatic carbocycles. The van der Waals surface area contributed by atoms with Crippen LogP contribution in [0, 0.1) is 11.3 Å². The number of para-hydroxylation sites is 1. The molecule has 166 valence electrons. The Balaban J connectivity index is 1.80. The van der Waals surface area contributed by atoms with Crippen molar-refractivity contribution in [3.63, 3.8) is 0 Å². The summed E-state index contributed by atoms with van der Waals surface area (Å²) in [5, 5.41) is 9.94. The summed E-state index contributed by atoms with van der Waals surface area (Å²) in [5.41, 5.74) is 6.33. The van der Waals surface area contributed by atoms with Gasteiger partial charge < -0.3 is 4.57 Å². The molecule has 0 aliphatic carbocycles. The number of carbonyl (C=O) groups excluding carboxylic acids is 1. The van der Waals surface area contributed by atoms with Crippen LogP contribution in [0.4, 0.5) is 0 Å². The van der Waals surface area contributed by atoms with E-state index in [4.69, 9.17) is 0 Å². The minimum absolute atomic E-state index is 0.0956. The molecule has 35 heavy (non-hydrogen) atoms. The predicted octanol–water partition coefficient (Wildman–Crippen LogP) is 7.60. The summed E-state index contributed by atoms with van der Waals surface area (Å²) < 4.78 is 2.19. The maximum atomic E-state index is 13.2. The summed E-state index contributed by atoms with van der Waals surface area (Å²) in [6.45, 7) is 0. The van der Waals surface area contributed by atoms with Crippen molar-refractivity contribution in [2.75, 3.05) is 0 Å². The molecule has 0 aliphatic heterocycles. The molecule has 0 amide bonds. The fraction of sp³-hybridized carbons (Fsp3) is 0. The van der Waals surface area contributed by atoms with Crippen molar-refractivity contribution in [1.29, 1.82) is 5.26 Å². The maximum Gasteiger partial charge on any atom is 0.203 e. The lowest BCUT2D eigenvalue weighted by atomic mass is 10.00. The first-order valence-electron chi connectivity index (χ1n) is 11.4. The first kappa shape index (κ1) is 21.9. The number of benzene rings is 4. The molecule has 0 spiro atoms. The van der Waals surface area contributed by atoms with Gasteiger partial charge in [-0.15, -0.1) is 0 Å². The number of carbonyl (C=O) groups is 1. The van der Waals surface area contributed by atoms with E-state index in [1.165, 1.54) is 0 Å². The second kappa shape index (κ2) is 9.91. The zero-order chi connectivity index (χ0) is 24.0. The number of nitriles is 1. The minimum Gasteiger partial charge on any atom is -0.309 e. The van der Waals surface area contributed by atoms with E-state index < -0.39 is 0 Å². The fourth-order valence-corrected chi connectivity index (χ4v) is 4.25. The number of aromatic nitrogens is 1. The van der Waals surface area contributed by atoms with E-state index in [0.717, 1.165) is 33.8 Å².